The fraction of sp³-hybridized carbons (Fsp3) is 0.133. The molecule has 6 nitrogen and oxygen atoms in total. The number of aromatic nitrogens is 2. The highest BCUT2D eigenvalue weighted by molar-refractivity contribution is 7.09. The molecule has 2 heterocycles. The standard InChI is InChI=1S/C15H13N3O3S/c1-20-9-12-16-15(22-18-12)17-14(19)13-11(7-8-21-13)10-5-3-2-4-6-10/h2-8H,9H2,1H3,(H,16,17,18,19). The Balaban J connectivity index is 1.79. The van der Waals surface area contributed by atoms with Crippen molar-refractivity contribution in [3.8, 4) is 11.1 Å². The number of amides is 1. The number of carbonyl (C=O) groups excluding carboxylic acids is 1. The fourth-order valence-electron chi connectivity index (χ4n) is 1.98. The third-order valence-corrected chi connectivity index (χ3v) is 3.59. The minimum Gasteiger partial charge on any atom is -0.459 e. The molecule has 0 fully saturated rings. The first-order chi connectivity index (χ1) is 10.8. The topological polar surface area (TPSA) is 77.2 Å². The maximum Gasteiger partial charge on any atom is 0.293 e. The molecule has 0 spiro atoms. The van der Waals surface area contributed by atoms with E-state index in [2.05, 4.69) is 14.7 Å². The van der Waals surface area contributed by atoms with Crippen molar-refractivity contribution in [3.05, 3.63) is 54.2 Å². The van der Waals surface area contributed by atoms with Gasteiger partial charge >= 0.3 is 0 Å². The number of benzene rings is 1. The third kappa shape index (κ3) is 3.05. The van der Waals surface area contributed by atoms with Crippen LogP contribution < -0.4 is 5.32 Å². The summed E-state index contributed by atoms with van der Waals surface area (Å²) in [4.78, 5) is 16.5. The molecule has 0 saturated carbocycles. The molecule has 2 aromatic heterocycles. The molecule has 7 heteroatoms. The smallest absolute Gasteiger partial charge is 0.293 e. The summed E-state index contributed by atoms with van der Waals surface area (Å²) in [6, 6.07) is 11.3. The number of hydrogen-bond acceptors (Lipinski definition) is 6. The number of nitrogens with one attached hydrogen (secondary N) is 1. The lowest BCUT2D eigenvalue weighted by atomic mass is 10.1. The fourth-order valence-corrected chi connectivity index (χ4v) is 2.55. The Kier molecular flexibility index (Phi) is 4.27. The van der Waals surface area contributed by atoms with Crippen LogP contribution in [0.4, 0.5) is 5.13 Å². The van der Waals surface area contributed by atoms with Crippen molar-refractivity contribution in [1.29, 1.82) is 0 Å². The molecule has 112 valence electrons. The van der Waals surface area contributed by atoms with E-state index in [4.69, 9.17) is 9.15 Å². The molecule has 0 radical (unpaired) electrons. The van der Waals surface area contributed by atoms with Crippen molar-refractivity contribution in [2.24, 2.45) is 0 Å². The SMILES string of the molecule is COCc1nsc(NC(=O)c2occc2-c2ccccc2)n1. The number of carbonyl (C=O) groups is 1. The van der Waals surface area contributed by atoms with E-state index >= 15 is 0 Å². The van der Waals surface area contributed by atoms with Crippen LogP contribution in [0.5, 0.6) is 0 Å². The second-order valence-electron chi connectivity index (χ2n) is 4.43. The molecular weight excluding hydrogens is 302 g/mol. The number of hydrogen-bond donors (Lipinski definition) is 1. The van der Waals surface area contributed by atoms with E-state index in [1.807, 2.05) is 30.3 Å². The van der Waals surface area contributed by atoms with Crippen molar-refractivity contribution in [2.75, 3.05) is 12.4 Å². The molecule has 1 amide bonds. The summed E-state index contributed by atoms with van der Waals surface area (Å²) >= 11 is 1.10. The van der Waals surface area contributed by atoms with Gasteiger partial charge in [-0.3, -0.25) is 10.1 Å². The van der Waals surface area contributed by atoms with Crippen molar-refractivity contribution >= 4 is 22.6 Å². The van der Waals surface area contributed by atoms with E-state index < -0.39 is 0 Å². The van der Waals surface area contributed by atoms with Crippen molar-refractivity contribution in [1.82, 2.24) is 9.36 Å². The highest BCUT2D eigenvalue weighted by Crippen LogP contribution is 2.25. The highest BCUT2D eigenvalue weighted by Gasteiger charge is 2.18. The molecule has 1 aromatic carbocycles. The Labute approximate surface area is 130 Å². The largest absolute Gasteiger partial charge is 0.459 e. The zero-order chi connectivity index (χ0) is 15.4. The van der Waals surface area contributed by atoms with Crippen molar-refractivity contribution in [2.45, 2.75) is 6.61 Å². The van der Waals surface area contributed by atoms with Gasteiger partial charge in [0.1, 0.15) is 6.61 Å². The zero-order valence-electron chi connectivity index (χ0n) is 11.8. The Hall–Kier alpha value is -2.51. The van der Waals surface area contributed by atoms with Gasteiger partial charge in [0.2, 0.25) is 5.13 Å². The molecule has 3 aromatic rings. The highest BCUT2D eigenvalue weighted by atomic mass is 32.1. The summed E-state index contributed by atoms with van der Waals surface area (Å²) < 4.78 is 14.4. The van der Waals surface area contributed by atoms with Gasteiger partial charge in [0.25, 0.3) is 5.91 Å². The van der Waals surface area contributed by atoms with Gasteiger partial charge < -0.3 is 9.15 Å². The van der Waals surface area contributed by atoms with E-state index in [-0.39, 0.29) is 11.7 Å². The molecule has 0 aliphatic rings. The molecule has 0 unspecified atom stereocenters. The van der Waals surface area contributed by atoms with Crippen molar-refractivity contribution < 1.29 is 13.9 Å². The number of nitrogens with zero attached hydrogens (tertiary/aromatic N) is 2. The van der Waals surface area contributed by atoms with Gasteiger partial charge in [0, 0.05) is 24.2 Å². The normalized spacial score (nSPS) is 10.6. The van der Waals surface area contributed by atoms with Crippen LogP contribution >= 0.6 is 11.5 Å². The van der Waals surface area contributed by atoms with E-state index in [1.54, 1.807) is 13.2 Å². The lowest BCUT2D eigenvalue weighted by Crippen LogP contribution is -2.11. The quantitative estimate of drug-likeness (QED) is 0.782. The summed E-state index contributed by atoms with van der Waals surface area (Å²) in [6.45, 7) is 0.308. The maximum atomic E-state index is 12.3. The van der Waals surface area contributed by atoms with Gasteiger partial charge in [0.05, 0.1) is 6.26 Å². The predicted molar refractivity (Wildman–Crippen MR) is 82.7 cm³/mol. The van der Waals surface area contributed by atoms with E-state index in [1.165, 1.54) is 6.26 Å². The van der Waals surface area contributed by atoms with Gasteiger partial charge in [-0.2, -0.15) is 4.37 Å². The molecule has 0 aliphatic carbocycles. The zero-order valence-corrected chi connectivity index (χ0v) is 12.6. The van der Waals surface area contributed by atoms with Crippen LogP contribution in [0.1, 0.15) is 16.4 Å². The summed E-state index contributed by atoms with van der Waals surface area (Å²) in [5.41, 5.74) is 1.65. The van der Waals surface area contributed by atoms with Crippen LogP contribution in [0.2, 0.25) is 0 Å². The molecule has 0 atom stereocenters. The Bertz CT molecular complexity index is 767. The number of furan rings is 1. The Morgan fingerprint density at radius 1 is 1.32 bits per heavy atom. The number of methoxy groups -OCH3 is 1. The second-order valence-corrected chi connectivity index (χ2v) is 5.18. The monoisotopic (exact) mass is 315 g/mol. The lowest BCUT2D eigenvalue weighted by Gasteiger charge is -2.02. The van der Waals surface area contributed by atoms with E-state index in [0.717, 1.165) is 22.7 Å². The van der Waals surface area contributed by atoms with Gasteiger partial charge in [-0.05, 0) is 11.6 Å². The van der Waals surface area contributed by atoms with Gasteiger partial charge in [-0.25, -0.2) is 4.98 Å². The van der Waals surface area contributed by atoms with Gasteiger partial charge in [0.15, 0.2) is 11.6 Å². The number of rotatable bonds is 5. The van der Waals surface area contributed by atoms with Crippen LogP contribution in [-0.4, -0.2) is 22.4 Å². The van der Waals surface area contributed by atoms with E-state index in [9.17, 15) is 4.79 Å². The molecular formula is C15H13N3O3S. The molecule has 0 saturated heterocycles. The third-order valence-electron chi connectivity index (χ3n) is 2.92. The van der Waals surface area contributed by atoms with Crippen LogP contribution in [0, 0.1) is 0 Å². The van der Waals surface area contributed by atoms with Crippen LogP contribution in [0.3, 0.4) is 0 Å². The van der Waals surface area contributed by atoms with E-state index in [0.29, 0.717) is 17.6 Å². The maximum absolute atomic E-state index is 12.3. The Morgan fingerprint density at radius 3 is 2.91 bits per heavy atom. The number of ether oxygens (including phenoxy) is 1. The van der Waals surface area contributed by atoms with Crippen LogP contribution in [-0.2, 0) is 11.3 Å². The molecule has 1 N–H and O–H groups in total. The van der Waals surface area contributed by atoms with Crippen LogP contribution in [0.15, 0.2) is 47.1 Å². The summed E-state index contributed by atoms with van der Waals surface area (Å²) in [7, 11) is 1.56. The molecule has 3 rings (SSSR count). The van der Waals surface area contributed by atoms with Crippen LogP contribution in [0.25, 0.3) is 11.1 Å². The molecule has 0 bridgehead atoms. The Morgan fingerprint density at radius 2 is 2.14 bits per heavy atom. The first-order valence-electron chi connectivity index (χ1n) is 6.53. The minimum atomic E-state index is -0.357. The summed E-state index contributed by atoms with van der Waals surface area (Å²) in [5.74, 6) is 0.421. The van der Waals surface area contributed by atoms with Gasteiger partial charge in [-0.15, -0.1) is 0 Å². The average Bonchev–Trinajstić information content (AvgIpc) is 3.18. The van der Waals surface area contributed by atoms with Crippen molar-refractivity contribution in [3.63, 3.8) is 0 Å². The first kappa shape index (κ1) is 14.4. The summed E-state index contributed by atoms with van der Waals surface area (Å²) in [5, 5.41) is 3.10. The molecule has 22 heavy (non-hydrogen) atoms. The average molecular weight is 315 g/mol. The first-order valence-corrected chi connectivity index (χ1v) is 7.31. The molecule has 0 aliphatic heterocycles. The second kappa shape index (κ2) is 6.50. The predicted octanol–water partition coefficient (Wildman–Crippen LogP) is 3.20. The lowest BCUT2D eigenvalue weighted by molar-refractivity contribution is 0.0997. The summed E-state index contributed by atoms with van der Waals surface area (Å²) in [6.07, 6.45) is 1.49. The minimum absolute atomic E-state index is 0.245. The number of anilines is 1. The van der Waals surface area contributed by atoms with Gasteiger partial charge in [-0.1, -0.05) is 30.3 Å².